The normalized spacial score (nSPS) is 10.1. The van der Waals surface area contributed by atoms with Crippen LogP contribution in [0.4, 0.5) is 5.69 Å². The van der Waals surface area contributed by atoms with Crippen LogP contribution in [-0.2, 0) is 6.42 Å². The Balaban J connectivity index is 2.19. The molecule has 92 valence electrons. The number of carbonyl (C=O) groups is 1. The van der Waals surface area contributed by atoms with Crippen molar-refractivity contribution in [2.75, 3.05) is 5.32 Å². The van der Waals surface area contributed by atoms with E-state index in [2.05, 4.69) is 21.9 Å². The number of amides is 1. The van der Waals surface area contributed by atoms with Crippen LogP contribution in [0.25, 0.3) is 6.08 Å². The van der Waals surface area contributed by atoms with Crippen LogP contribution in [0, 0.1) is 0 Å². The molecule has 0 spiro atoms. The highest BCUT2D eigenvalue weighted by Crippen LogP contribution is 2.14. The van der Waals surface area contributed by atoms with Gasteiger partial charge in [-0.15, -0.1) is 0 Å². The van der Waals surface area contributed by atoms with Gasteiger partial charge in [-0.25, -0.2) is 0 Å². The summed E-state index contributed by atoms with van der Waals surface area (Å²) in [6, 6.07) is 5.37. The molecule has 0 saturated heterocycles. The molecule has 2 aromatic rings. The minimum absolute atomic E-state index is 0.175. The number of aromatic nitrogens is 2. The van der Waals surface area contributed by atoms with Crippen LogP contribution in [0.15, 0.2) is 37.2 Å². The van der Waals surface area contributed by atoms with E-state index in [4.69, 9.17) is 0 Å². The quantitative estimate of drug-likeness (QED) is 0.864. The lowest BCUT2D eigenvalue weighted by Crippen LogP contribution is -2.12. The Hall–Kier alpha value is -2.36. The van der Waals surface area contributed by atoms with Crippen LogP contribution in [0.1, 0.15) is 28.7 Å². The van der Waals surface area contributed by atoms with Crippen LogP contribution >= 0.6 is 0 Å². The Morgan fingerprint density at radius 2 is 2.44 bits per heavy atom. The number of anilines is 1. The Labute approximate surface area is 106 Å². The predicted molar refractivity (Wildman–Crippen MR) is 72.5 cm³/mol. The van der Waals surface area contributed by atoms with Gasteiger partial charge in [0.1, 0.15) is 5.69 Å². The molecule has 4 nitrogen and oxygen atoms in total. The second-order valence-corrected chi connectivity index (χ2v) is 3.87. The van der Waals surface area contributed by atoms with Crippen molar-refractivity contribution >= 4 is 17.7 Å². The van der Waals surface area contributed by atoms with Crippen molar-refractivity contribution in [3.8, 4) is 0 Å². The third-order valence-electron chi connectivity index (χ3n) is 2.67. The van der Waals surface area contributed by atoms with Gasteiger partial charge in [0, 0.05) is 11.9 Å². The molecule has 4 heteroatoms. The van der Waals surface area contributed by atoms with E-state index in [-0.39, 0.29) is 5.91 Å². The molecule has 0 aliphatic heterocycles. The van der Waals surface area contributed by atoms with Crippen LogP contribution in [0.5, 0.6) is 0 Å². The molecule has 0 aliphatic carbocycles. The van der Waals surface area contributed by atoms with Crippen LogP contribution in [0.2, 0.25) is 0 Å². The number of rotatable bonds is 4. The molecule has 0 aromatic carbocycles. The summed E-state index contributed by atoms with van der Waals surface area (Å²) in [5.74, 6) is -0.175. The molecule has 0 radical (unpaired) electrons. The highest BCUT2D eigenvalue weighted by molar-refractivity contribution is 6.03. The van der Waals surface area contributed by atoms with E-state index >= 15 is 0 Å². The lowest BCUT2D eigenvalue weighted by atomic mass is 10.2. The lowest BCUT2D eigenvalue weighted by molar-refractivity contribution is 0.102. The van der Waals surface area contributed by atoms with E-state index in [0.717, 1.165) is 17.7 Å². The lowest BCUT2D eigenvalue weighted by Gasteiger charge is -2.02. The van der Waals surface area contributed by atoms with Gasteiger partial charge < -0.3 is 10.3 Å². The average molecular weight is 241 g/mol. The molecule has 2 heterocycles. The monoisotopic (exact) mass is 241 g/mol. The fourth-order valence-electron chi connectivity index (χ4n) is 1.75. The fraction of sp³-hybridized carbons (Fsp3) is 0.143. The van der Waals surface area contributed by atoms with Gasteiger partial charge in [0.25, 0.3) is 5.91 Å². The largest absolute Gasteiger partial charge is 0.354 e. The standard InChI is InChI=1S/C14H15N3O/c1-3-10-8-13(17-12(10)4-2)14(18)16-11-6-5-7-15-9-11/h3,5-9,17H,1,4H2,2H3,(H,16,18). The SMILES string of the molecule is C=Cc1cc(C(=O)Nc2cccnc2)[nH]c1CC. The number of hydrogen-bond donors (Lipinski definition) is 2. The molecule has 1 amide bonds. The Bertz CT molecular complexity index is 558. The summed E-state index contributed by atoms with van der Waals surface area (Å²) in [7, 11) is 0. The number of H-pyrrole nitrogens is 1. The molecule has 2 aromatic heterocycles. The minimum atomic E-state index is -0.175. The van der Waals surface area contributed by atoms with Crippen molar-refractivity contribution in [1.82, 2.24) is 9.97 Å². The second kappa shape index (κ2) is 5.31. The average Bonchev–Trinajstić information content (AvgIpc) is 2.83. The molecule has 0 fully saturated rings. The van der Waals surface area contributed by atoms with E-state index in [1.165, 1.54) is 0 Å². The van der Waals surface area contributed by atoms with Crippen molar-refractivity contribution in [3.05, 3.63) is 54.1 Å². The van der Waals surface area contributed by atoms with Crippen molar-refractivity contribution in [1.29, 1.82) is 0 Å². The minimum Gasteiger partial charge on any atom is -0.354 e. The van der Waals surface area contributed by atoms with Crippen molar-refractivity contribution < 1.29 is 4.79 Å². The summed E-state index contributed by atoms with van der Waals surface area (Å²) in [6.07, 6.45) is 5.85. The number of hydrogen-bond acceptors (Lipinski definition) is 2. The van der Waals surface area contributed by atoms with Crippen LogP contribution in [-0.4, -0.2) is 15.9 Å². The zero-order valence-corrected chi connectivity index (χ0v) is 10.2. The van der Waals surface area contributed by atoms with Crippen LogP contribution < -0.4 is 5.32 Å². The zero-order valence-electron chi connectivity index (χ0n) is 10.2. The molecule has 18 heavy (non-hydrogen) atoms. The second-order valence-electron chi connectivity index (χ2n) is 3.87. The number of aromatic amines is 1. The molecule has 0 saturated carbocycles. The number of pyridine rings is 1. The first-order chi connectivity index (χ1) is 8.74. The van der Waals surface area contributed by atoms with E-state index in [0.29, 0.717) is 11.4 Å². The molecular weight excluding hydrogens is 226 g/mol. The maximum Gasteiger partial charge on any atom is 0.272 e. The van der Waals surface area contributed by atoms with Gasteiger partial charge in [-0.3, -0.25) is 9.78 Å². The summed E-state index contributed by atoms with van der Waals surface area (Å²) in [4.78, 5) is 19.1. The Kier molecular flexibility index (Phi) is 3.57. The smallest absolute Gasteiger partial charge is 0.272 e. The van der Waals surface area contributed by atoms with Crippen molar-refractivity contribution in [3.63, 3.8) is 0 Å². The van der Waals surface area contributed by atoms with Gasteiger partial charge in [0.15, 0.2) is 0 Å². The predicted octanol–water partition coefficient (Wildman–Crippen LogP) is 2.87. The van der Waals surface area contributed by atoms with Gasteiger partial charge in [0.05, 0.1) is 11.9 Å². The van der Waals surface area contributed by atoms with Gasteiger partial charge in [-0.1, -0.05) is 19.6 Å². The molecular formula is C14H15N3O. The fourth-order valence-corrected chi connectivity index (χ4v) is 1.75. The zero-order chi connectivity index (χ0) is 13.0. The van der Waals surface area contributed by atoms with Crippen LogP contribution in [0.3, 0.4) is 0 Å². The van der Waals surface area contributed by atoms with E-state index in [1.54, 1.807) is 36.7 Å². The Morgan fingerprint density at radius 1 is 1.61 bits per heavy atom. The Morgan fingerprint density at radius 3 is 3.00 bits per heavy atom. The maximum absolute atomic E-state index is 12.0. The van der Waals surface area contributed by atoms with E-state index in [1.807, 2.05) is 6.92 Å². The van der Waals surface area contributed by atoms with Crippen molar-refractivity contribution in [2.45, 2.75) is 13.3 Å². The van der Waals surface area contributed by atoms with Gasteiger partial charge in [0.2, 0.25) is 0 Å². The topological polar surface area (TPSA) is 57.8 Å². The number of nitrogens with zero attached hydrogens (tertiary/aromatic N) is 1. The summed E-state index contributed by atoms with van der Waals surface area (Å²) < 4.78 is 0. The molecule has 0 unspecified atom stereocenters. The van der Waals surface area contributed by atoms with Gasteiger partial charge in [-0.05, 0) is 30.2 Å². The summed E-state index contributed by atoms with van der Waals surface area (Å²) in [5.41, 5.74) is 3.19. The van der Waals surface area contributed by atoms with E-state index in [9.17, 15) is 4.79 Å². The number of nitrogens with one attached hydrogen (secondary N) is 2. The highest BCUT2D eigenvalue weighted by atomic mass is 16.1. The molecule has 2 rings (SSSR count). The van der Waals surface area contributed by atoms with E-state index < -0.39 is 0 Å². The van der Waals surface area contributed by atoms with Crippen molar-refractivity contribution in [2.24, 2.45) is 0 Å². The first-order valence-corrected chi connectivity index (χ1v) is 5.80. The first kappa shape index (κ1) is 12.1. The summed E-state index contributed by atoms with van der Waals surface area (Å²) >= 11 is 0. The highest BCUT2D eigenvalue weighted by Gasteiger charge is 2.11. The number of carbonyl (C=O) groups excluding carboxylic acids is 1. The third kappa shape index (κ3) is 2.48. The number of aryl methyl sites for hydroxylation is 1. The first-order valence-electron chi connectivity index (χ1n) is 5.80. The summed E-state index contributed by atoms with van der Waals surface area (Å²) in [6.45, 7) is 5.76. The molecule has 0 bridgehead atoms. The molecule has 0 aliphatic rings. The summed E-state index contributed by atoms with van der Waals surface area (Å²) in [5, 5.41) is 2.78. The maximum atomic E-state index is 12.0. The van der Waals surface area contributed by atoms with Gasteiger partial charge >= 0.3 is 0 Å². The van der Waals surface area contributed by atoms with Gasteiger partial charge in [-0.2, -0.15) is 0 Å². The molecule has 0 atom stereocenters. The molecule has 2 N–H and O–H groups in total. The third-order valence-corrected chi connectivity index (χ3v) is 2.67.